The summed E-state index contributed by atoms with van der Waals surface area (Å²) in [6.45, 7) is 4.36. The quantitative estimate of drug-likeness (QED) is 0.878. The first-order chi connectivity index (χ1) is 12.1. The van der Waals surface area contributed by atoms with Crippen LogP contribution in [0, 0.1) is 13.8 Å². The lowest BCUT2D eigenvalue weighted by Crippen LogP contribution is -2.39. The summed E-state index contributed by atoms with van der Waals surface area (Å²) in [6, 6.07) is 12.6. The van der Waals surface area contributed by atoms with Crippen molar-refractivity contribution >= 4 is 11.6 Å². The highest BCUT2D eigenvalue weighted by Crippen LogP contribution is 2.29. The van der Waals surface area contributed by atoms with Crippen molar-refractivity contribution in [2.24, 2.45) is 0 Å². The maximum atomic E-state index is 12.3. The third-order valence-corrected chi connectivity index (χ3v) is 4.96. The summed E-state index contributed by atoms with van der Waals surface area (Å²) < 4.78 is 5.45. The van der Waals surface area contributed by atoms with Crippen molar-refractivity contribution < 1.29 is 9.53 Å². The van der Waals surface area contributed by atoms with Crippen LogP contribution in [0.1, 0.15) is 28.7 Å². The Kier molecular flexibility index (Phi) is 5.39. The van der Waals surface area contributed by atoms with Gasteiger partial charge < -0.3 is 15.4 Å². The third-order valence-electron chi connectivity index (χ3n) is 4.96. The van der Waals surface area contributed by atoms with Crippen molar-refractivity contribution in [3.05, 3.63) is 58.7 Å². The maximum Gasteiger partial charge on any atom is 0.238 e. The second-order valence-corrected chi connectivity index (χ2v) is 6.73. The van der Waals surface area contributed by atoms with Crippen LogP contribution in [0.25, 0.3) is 0 Å². The fraction of sp³-hybridized carbons (Fsp3) is 0.381. The Bertz CT molecular complexity index is 750. The van der Waals surface area contributed by atoms with Gasteiger partial charge in [0.25, 0.3) is 0 Å². The smallest absolute Gasteiger partial charge is 0.238 e. The van der Waals surface area contributed by atoms with E-state index in [1.54, 1.807) is 7.11 Å². The summed E-state index contributed by atoms with van der Waals surface area (Å²) in [6.07, 6.45) is 2.93. The molecule has 1 atom stereocenters. The van der Waals surface area contributed by atoms with E-state index in [-0.39, 0.29) is 5.91 Å². The predicted octanol–water partition coefficient (Wildman–Crippen LogP) is 3.40. The molecule has 0 saturated heterocycles. The monoisotopic (exact) mass is 338 g/mol. The first-order valence-electron chi connectivity index (χ1n) is 8.82. The number of hydrogen-bond donors (Lipinski definition) is 2. The number of anilines is 1. The Morgan fingerprint density at radius 2 is 1.88 bits per heavy atom. The van der Waals surface area contributed by atoms with Gasteiger partial charge in [-0.3, -0.25) is 4.79 Å². The van der Waals surface area contributed by atoms with Gasteiger partial charge >= 0.3 is 0 Å². The van der Waals surface area contributed by atoms with Gasteiger partial charge in [0.2, 0.25) is 5.91 Å². The second kappa shape index (κ2) is 7.70. The summed E-state index contributed by atoms with van der Waals surface area (Å²) in [5, 5.41) is 6.44. The maximum absolute atomic E-state index is 12.3. The largest absolute Gasteiger partial charge is 0.496 e. The highest BCUT2D eigenvalue weighted by molar-refractivity contribution is 5.93. The van der Waals surface area contributed by atoms with Gasteiger partial charge in [0.05, 0.1) is 13.7 Å². The number of carbonyl (C=O) groups excluding carboxylic acids is 1. The SMILES string of the molecule is COc1cccc2c1CC[C@H](NCC(=O)Nc1c(C)cccc1C)C2. The van der Waals surface area contributed by atoms with Crippen molar-refractivity contribution in [1.29, 1.82) is 0 Å². The molecule has 1 amide bonds. The first-order valence-corrected chi connectivity index (χ1v) is 8.82. The normalized spacial score (nSPS) is 16.2. The standard InChI is InChI=1S/C21H26N2O2/c1-14-6-4-7-15(2)21(14)23-20(24)13-22-17-10-11-18-16(12-17)8-5-9-19(18)25-3/h4-9,17,22H,10-13H2,1-3H3,(H,23,24)/t17-/m0/s1. The Morgan fingerprint density at radius 1 is 1.16 bits per heavy atom. The van der Waals surface area contributed by atoms with Crippen molar-refractivity contribution in [1.82, 2.24) is 5.32 Å². The molecule has 0 fully saturated rings. The van der Waals surface area contributed by atoms with E-state index in [2.05, 4.69) is 16.7 Å². The molecule has 3 rings (SSSR count). The third kappa shape index (κ3) is 4.02. The second-order valence-electron chi connectivity index (χ2n) is 6.73. The molecule has 2 N–H and O–H groups in total. The van der Waals surface area contributed by atoms with Crippen LogP contribution in [0.15, 0.2) is 36.4 Å². The summed E-state index contributed by atoms with van der Waals surface area (Å²) >= 11 is 0. The molecule has 2 aromatic carbocycles. The summed E-state index contributed by atoms with van der Waals surface area (Å²) in [7, 11) is 1.72. The number of nitrogens with one attached hydrogen (secondary N) is 2. The topological polar surface area (TPSA) is 50.4 Å². The minimum atomic E-state index is 0.00818. The molecule has 0 radical (unpaired) electrons. The van der Waals surface area contributed by atoms with E-state index in [9.17, 15) is 4.79 Å². The van der Waals surface area contributed by atoms with Crippen LogP contribution in [-0.4, -0.2) is 25.6 Å². The molecule has 0 bridgehead atoms. The number of carbonyl (C=O) groups is 1. The molecule has 0 spiro atoms. The summed E-state index contributed by atoms with van der Waals surface area (Å²) in [4.78, 5) is 12.3. The number of para-hydroxylation sites is 1. The zero-order valence-corrected chi connectivity index (χ0v) is 15.2. The van der Waals surface area contributed by atoms with E-state index in [4.69, 9.17) is 4.74 Å². The highest BCUT2D eigenvalue weighted by atomic mass is 16.5. The number of rotatable bonds is 5. The van der Waals surface area contributed by atoms with Crippen LogP contribution in [0.4, 0.5) is 5.69 Å². The number of methoxy groups -OCH3 is 1. The summed E-state index contributed by atoms with van der Waals surface area (Å²) in [5.74, 6) is 0.984. The minimum absolute atomic E-state index is 0.00818. The molecule has 0 aromatic heterocycles. The predicted molar refractivity (Wildman–Crippen MR) is 101 cm³/mol. The van der Waals surface area contributed by atoms with Crippen molar-refractivity contribution in [3.8, 4) is 5.75 Å². The van der Waals surface area contributed by atoms with Gasteiger partial charge in [0.1, 0.15) is 5.75 Å². The number of fused-ring (bicyclic) bond motifs is 1. The Labute approximate surface area is 149 Å². The molecule has 4 heteroatoms. The van der Waals surface area contributed by atoms with Crippen LogP contribution >= 0.6 is 0 Å². The molecule has 0 aliphatic heterocycles. The lowest BCUT2D eigenvalue weighted by atomic mass is 9.87. The molecule has 0 heterocycles. The molecular weight excluding hydrogens is 312 g/mol. The van der Waals surface area contributed by atoms with Crippen LogP contribution in [0.3, 0.4) is 0 Å². The molecule has 4 nitrogen and oxygen atoms in total. The van der Waals surface area contributed by atoms with Crippen molar-refractivity contribution in [2.75, 3.05) is 19.0 Å². The van der Waals surface area contributed by atoms with Crippen LogP contribution in [-0.2, 0) is 17.6 Å². The van der Waals surface area contributed by atoms with Gasteiger partial charge in [-0.15, -0.1) is 0 Å². The molecule has 132 valence electrons. The lowest BCUT2D eigenvalue weighted by Gasteiger charge is -2.26. The zero-order chi connectivity index (χ0) is 17.8. The van der Waals surface area contributed by atoms with Gasteiger partial charge in [-0.25, -0.2) is 0 Å². The number of aryl methyl sites for hydroxylation is 2. The summed E-state index contributed by atoms with van der Waals surface area (Å²) in [5.41, 5.74) is 5.73. The van der Waals surface area contributed by atoms with E-state index in [1.807, 2.05) is 44.2 Å². The number of amides is 1. The fourth-order valence-electron chi connectivity index (χ4n) is 3.57. The minimum Gasteiger partial charge on any atom is -0.496 e. The fourth-order valence-corrected chi connectivity index (χ4v) is 3.57. The van der Waals surface area contributed by atoms with E-state index in [1.165, 1.54) is 11.1 Å². The zero-order valence-electron chi connectivity index (χ0n) is 15.2. The molecule has 25 heavy (non-hydrogen) atoms. The average molecular weight is 338 g/mol. The lowest BCUT2D eigenvalue weighted by molar-refractivity contribution is -0.115. The van der Waals surface area contributed by atoms with Gasteiger partial charge in [-0.1, -0.05) is 30.3 Å². The molecule has 2 aromatic rings. The number of hydrogen-bond acceptors (Lipinski definition) is 3. The molecule has 1 aliphatic carbocycles. The molecule has 1 aliphatic rings. The number of benzene rings is 2. The van der Waals surface area contributed by atoms with Gasteiger partial charge in [0, 0.05) is 11.7 Å². The van der Waals surface area contributed by atoms with E-state index in [0.717, 1.165) is 41.8 Å². The highest BCUT2D eigenvalue weighted by Gasteiger charge is 2.21. The Hall–Kier alpha value is -2.33. The Morgan fingerprint density at radius 3 is 2.60 bits per heavy atom. The molecular formula is C21H26N2O2. The van der Waals surface area contributed by atoms with Crippen molar-refractivity contribution in [3.63, 3.8) is 0 Å². The van der Waals surface area contributed by atoms with E-state index < -0.39 is 0 Å². The Balaban J connectivity index is 1.56. The van der Waals surface area contributed by atoms with Gasteiger partial charge in [-0.05, 0) is 61.4 Å². The first kappa shape index (κ1) is 17.5. The van der Waals surface area contributed by atoms with Crippen molar-refractivity contribution in [2.45, 2.75) is 39.2 Å². The van der Waals surface area contributed by atoms with Crippen LogP contribution in [0.2, 0.25) is 0 Å². The molecule has 0 saturated carbocycles. The van der Waals surface area contributed by atoms with Crippen LogP contribution < -0.4 is 15.4 Å². The van der Waals surface area contributed by atoms with Gasteiger partial charge in [-0.2, -0.15) is 0 Å². The van der Waals surface area contributed by atoms with E-state index in [0.29, 0.717) is 12.6 Å². The number of ether oxygens (including phenoxy) is 1. The molecule has 0 unspecified atom stereocenters. The average Bonchev–Trinajstić information content (AvgIpc) is 2.62. The van der Waals surface area contributed by atoms with Gasteiger partial charge in [0.15, 0.2) is 0 Å². The van der Waals surface area contributed by atoms with E-state index >= 15 is 0 Å². The van der Waals surface area contributed by atoms with Crippen LogP contribution in [0.5, 0.6) is 5.75 Å².